The second-order valence-electron chi connectivity index (χ2n) is 7.74. The van der Waals surface area contributed by atoms with Crippen molar-refractivity contribution in [3.63, 3.8) is 0 Å². The fraction of sp³-hybridized carbons (Fsp3) is 0.650. The molecule has 1 aliphatic carbocycles. The summed E-state index contributed by atoms with van der Waals surface area (Å²) in [5.74, 6) is 0. The predicted molar refractivity (Wildman–Crippen MR) is 97.5 cm³/mol. The summed E-state index contributed by atoms with van der Waals surface area (Å²) in [5.41, 5.74) is 0.370. The van der Waals surface area contributed by atoms with E-state index in [1.807, 2.05) is 39.0 Å². The van der Waals surface area contributed by atoms with Crippen LogP contribution in [0, 0.1) is 0 Å². The molecule has 1 aliphatic rings. The van der Waals surface area contributed by atoms with Crippen LogP contribution in [-0.2, 0) is 20.8 Å². The lowest BCUT2D eigenvalue weighted by molar-refractivity contribution is -0.0811. The second-order valence-corrected chi connectivity index (χ2v) is 7.74. The van der Waals surface area contributed by atoms with E-state index in [0.717, 1.165) is 25.7 Å². The number of alkyl carbamates (subject to hydrolysis) is 1. The number of carbonyl (C=O) groups is 1. The molecule has 0 saturated heterocycles. The number of ether oxygens (including phenoxy) is 3. The van der Waals surface area contributed by atoms with E-state index in [1.165, 1.54) is 5.56 Å². The topological polar surface area (TPSA) is 56.8 Å². The summed E-state index contributed by atoms with van der Waals surface area (Å²) in [4.78, 5) is 11.9. The molecule has 2 rings (SSSR count). The first-order valence-corrected chi connectivity index (χ1v) is 8.99. The van der Waals surface area contributed by atoms with E-state index in [9.17, 15) is 4.79 Å². The van der Waals surface area contributed by atoms with Crippen molar-refractivity contribution in [2.45, 2.75) is 70.4 Å². The van der Waals surface area contributed by atoms with Gasteiger partial charge in [-0.15, -0.1) is 0 Å². The quantitative estimate of drug-likeness (QED) is 0.841. The molecule has 0 unspecified atom stereocenters. The number of hydrogen-bond acceptors (Lipinski definition) is 4. The molecule has 0 spiro atoms. The van der Waals surface area contributed by atoms with Crippen molar-refractivity contribution in [2.75, 3.05) is 13.7 Å². The molecule has 25 heavy (non-hydrogen) atoms. The van der Waals surface area contributed by atoms with E-state index >= 15 is 0 Å². The van der Waals surface area contributed by atoms with Gasteiger partial charge in [-0.05, 0) is 52.0 Å². The Morgan fingerprint density at radius 2 is 1.84 bits per heavy atom. The summed E-state index contributed by atoms with van der Waals surface area (Å²) in [6.45, 7) is 6.67. The maximum Gasteiger partial charge on any atom is 0.407 e. The van der Waals surface area contributed by atoms with Crippen LogP contribution in [0.15, 0.2) is 30.3 Å². The molecule has 140 valence electrons. The number of methoxy groups -OCH3 is 1. The number of benzene rings is 1. The molecule has 0 atom stereocenters. The van der Waals surface area contributed by atoms with Gasteiger partial charge < -0.3 is 19.5 Å². The monoisotopic (exact) mass is 349 g/mol. The van der Waals surface area contributed by atoms with E-state index in [-0.39, 0.29) is 11.7 Å². The lowest BCUT2D eigenvalue weighted by Gasteiger charge is -2.39. The lowest BCUT2D eigenvalue weighted by atomic mass is 9.83. The summed E-state index contributed by atoms with van der Waals surface area (Å²) >= 11 is 0. The van der Waals surface area contributed by atoms with Gasteiger partial charge in [0, 0.05) is 13.7 Å². The fourth-order valence-electron chi connectivity index (χ4n) is 3.07. The third kappa shape index (κ3) is 6.67. The number of hydrogen-bond donors (Lipinski definition) is 1. The first kappa shape index (κ1) is 19.7. The molecule has 1 aromatic rings. The van der Waals surface area contributed by atoms with Crippen molar-refractivity contribution in [1.82, 2.24) is 5.32 Å². The molecule has 5 heteroatoms. The van der Waals surface area contributed by atoms with E-state index in [2.05, 4.69) is 17.4 Å². The SMILES string of the molecule is COC1(CNC(=O)OC(C)(C)C)CCC(OCc2ccccc2)CC1. The van der Waals surface area contributed by atoms with Gasteiger partial charge in [0.1, 0.15) is 5.60 Å². The molecule has 1 saturated carbocycles. The summed E-state index contributed by atoms with van der Waals surface area (Å²) in [6.07, 6.45) is 3.42. The highest BCUT2D eigenvalue weighted by Crippen LogP contribution is 2.32. The van der Waals surface area contributed by atoms with Crippen LogP contribution in [0.3, 0.4) is 0 Å². The van der Waals surface area contributed by atoms with Gasteiger partial charge in [0.2, 0.25) is 0 Å². The van der Waals surface area contributed by atoms with Crippen molar-refractivity contribution < 1.29 is 19.0 Å². The highest BCUT2D eigenvalue weighted by atomic mass is 16.6. The van der Waals surface area contributed by atoms with Gasteiger partial charge in [-0.3, -0.25) is 0 Å². The standard InChI is InChI=1S/C20H31NO4/c1-19(2,3)25-18(22)21-15-20(23-4)12-10-17(11-13-20)24-14-16-8-6-5-7-9-16/h5-9,17H,10-15H2,1-4H3,(H,21,22). The van der Waals surface area contributed by atoms with Crippen molar-refractivity contribution >= 4 is 6.09 Å². The van der Waals surface area contributed by atoms with Gasteiger partial charge in [-0.25, -0.2) is 4.79 Å². The highest BCUT2D eigenvalue weighted by Gasteiger charge is 2.36. The molecule has 5 nitrogen and oxygen atoms in total. The number of carbonyl (C=O) groups excluding carboxylic acids is 1. The van der Waals surface area contributed by atoms with E-state index in [1.54, 1.807) is 7.11 Å². The van der Waals surface area contributed by atoms with Gasteiger partial charge in [0.25, 0.3) is 0 Å². The van der Waals surface area contributed by atoms with E-state index in [0.29, 0.717) is 13.2 Å². The van der Waals surface area contributed by atoms with Gasteiger partial charge in [0.05, 0.1) is 18.3 Å². The maximum atomic E-state index is 11.9. The summed E-state index contributed by atoms with van der Waals surface area (Å²) in [5, 5.41) is 2.85. The zero-order chi connectivity index (χ0) is 18.3. The van der Waals surface area contributed by atoms with Gasteiger partial charge in [0.15, 0.2) is 0 Å². The molecule has 1 amide bonds. The average Bonchev–Trinajstić information content (AvgIpc) is 2.59. The molecule has 1 aromatic carbocycles. The average molecular weight is 349 g/mol. The molecule has 0 aliphatic heterocycles. The molecule has 0 heterocycles. The third-order valence-corrected chi connectivity index (χ3v) is 4.56. The Labute approximate surface area is 151 Å². The van der Waals surface area contributed by atoms with Crippen LogP contribution < -0.4 is 5.32 Å². The largest absolute Gasteiger partial charge is 0.444 e. The van der Waals surface area contributed by atoms with Crippen LogP contribution in [0.25, 0.3) is 0 Å². The minimum Gasteiger partial charge on any atom is -0.444 e. The Kier molecular flexibility index (Phi) is 6.85. The van der Waals surface area contributed by atoms with Crippen LogP contribution in [0.4, 0.5) is 4.79 Å². The molecule has 1 fully saturated rings. The van der Waals surface area contributed by atoms with Gasteiger partial charge >= 0.3 is 6.09 Å². The molecular weight excluding hydrogens is 318 g/mol. The minimum atomic E-state index is -0.493. The summed E-state index contributed by atoms with van der Waals surface area (Å²) in [7, 11) is 1.71. The van der Waals surface area contributed by atoms with E-state index < -0.39 is 11.7 Å². The Bertz CT molecular complexity index is 530. The van der Waals surface area contributed by atoms with Gasteiger partial charge in [-0.1, -0.05) is 30.3 Å². The first-order chi connectivity index (χ1) is 11.8. The first-order valence-electron chi connectivity index (χ1n) is 8.99. The van der Waals surface area contributed by atoms with Crippen LogP contribution in [-0.4, -0.2) is 37.1 Å². The van der Waals surface area contributed by atoms with Crippen LogP contribution in [0.5, 0.6) is 0 Å². The molecule has 0 radical (unpaired) electrons. The van der Waals surface area contributed by atoms with Crippen LogP contribution in [0.1, 0.15) is 52.0 Å². The Hall–Kier alpha value is -1.59. The smallest absolute Gasteiger partial charge is 0.407 e. The third-order valence-electron chi connectivity index (χ3n) is 4.56. The number of amides is 1. The maximum absolute atomic E-state index is 11.9. The lowest BCUT2D eigenvalue weighted by Crippen LogP contribution is -2.48. The summed E-state index contributed by atoms with van der Waals surface area (Å²) < 4.78 is 17.1. The minimum absolute atomic E-state index is 0.241. The van der Waals surface area contributed by atoms with Crippen LogP contribution >= 0.6 is 0 Å². The zero-order valence-corrected chi connectivity index (χ0v) is 15.8. The van der Waals surface area contributed by atoms with Crippen molar-refractivity contribution in [2.24, 2.45) is 0 Å². The Morgan fingerprint density at radius 3 is 2.40 bits per heavy atom. The molecule has 1 N–H and O–H groups in total. The second kappa shape index (κ2) is 8.68. The van der Waals surface area contributed by atoms with Crippen LogP contribution in [0.2, 0.25) is 0 Å². The van der Waals surface area contributed by atoms with Crippen molar-refractivity contribution in [3.8, 4) is 0 Å². The molecule has 0 bridgehead atoms. The highest BCUT2D eigenvalue weighted by molar-refractivity contribution is 5.67. The van der Waals surface area contributed by atoms with E-state index in [4.69, 9.17) is 14.2 Å². The summed E-state index contributed by atoms with van der Waals surface area (Å²) in [6, 6.07) is 10.2. The Morgan fingerprint density at radius 1 is 1.20 bits per heavy atom. The Balaban J connectivity index is 1.76. The number of nitrogens with one attached hydrogen (secondary N) is 1. The van der Waals surface area contributed by atoms with Gasteiger partial charge in [-0.2, -0.15) is 0 Å². The van der Waals surface area contributed by atoms with Crippen molar-refractivity contribution in [1.29, 1.82) is 0 Å². The molecule has 0 aromatic heterocycles. The predicted octanol–water partition coefficient (Wildman–Crippen LogP) is 4.06. The number of rotatable bonds is 6. The normalized spacial score (nSPS) is 23.9. The molecular formula is C20H31NO4. The fourth-order valence-corrected chi connectivity index (χ4v) is 3.07. The van der Waals surface area contributed by atoms with Crippen molar-refractivity contribution in [3.05, 3.63) is 35.9 Å². The zero-order valence-electron chi connectivity index (χ0n) is 15.8.